The molecule has 0 aliphatic carbocycles. The Hall–Kier alpha value is -3.77. The van der Waals surface area contributed by atoms with Gasteiger partial charge in [-0.3, -0.25) is 4.90 Å². The van der Waals surface area contributed by atoms with Crippen molar-refractivity contribution in [1.29, 1.82) is 0 Å². The van der Waals surface area contributed by atoms with Crippen LogP contribution in [0.25, 0.3) is 11.3 Å². The van der Waals surface area contributed by atoms with E-state index < -0.39 is 5.97 Å². The van der Waals surface area contributed by atoms with Gasteiger partial charge in [0.05, 0.1) is 19.4 Å². The summed E-state index contributed by atoms with van der Waals surface area (Å²) in [4.78, 5) is 13.5. The number of carbonyl (C=O) groups is 1. The van der Waals surface area contributed by atoms with Crippen LogP contribution in [0.5, 0.6) is 5.75 Å². The molecule has 0 saturated carbocycles. The minimum absolute atomic E-state index is 0.158. The minimum Gasteiger partial charge on any atom is -0.507 e. The molecule has 0 atom stereocenters. The third-order valence-corrected chi connectivity index (χ3v) is 4.76. The number of carboxylic acids is 1. The van der Waals surface area contributed by atoms with E-state index in [0.717, 1.165) is 18.1 Å². The maximum Gasteiger partial charge on any atom is 0.339 e. The van der Waals surface area contributed by atoms with E-state index in [0.29, 0.717) is 24.4 Å². The first-order valence-electron chi connectivity index (χ1n) is 9.52. The summed E-state index contributed by atoms with van der Waals surface area (Å²) in [6.45, 7) is 1.90. The number of furan rings is 2. The van der Waals surface area contributed by atoms with E-state index in [2.05, 4.69) is 17.0 Å². The fourth-order valence-corrected chi connectivity index (χ4v) is 3.33. The molecule has 6 heteroatoms. The molecule has 0 aliphatic rings. The second kappa shape index (κ2) is 8.71. The summed E-state index contributed by atoms with van der Waals surface area (Å²) >= 11 is 0. The zero-order valence-corrected chi connectivity index (χ0v) is 16.2. The molecule has 2 heterocycles. The molecule has 4 aromatic rings. The van der Waals surface area contributed by atoms with Gasteiger partial charge in [0.15, 0.2) is 0 Å². The molecule has 0 saturated heterocycles. The molecule has 6 nitrogen and oxygen atoms in total. The van der Waals surface area contributed by atoms with Gasteiger partial charge < -0.3 is 19.0 Å². The SMILES string of the molecule is O=C(O)c1cc(-c2ccc(CN(Cc3ccccc3)Cc3ccco3)o2)ccc1O. The van der Waals surface area contributed by atoms with Gasteiger partial charge in [-0.15, -0.1) is 0 Å². The fourth-order valence-electron chi connectivity index (χ4n) is 3.33. The summed E-state index contributed by atoms with van der Waals surface area (Å²) in [6.07, 6.45) is 1.66. The number of benzene rings is 2. The first-order chi connectivity index (χ1) is 14.6. The average molecular weight is 403 g/mol. The van der Waals surface area contributed by atoms with Gasteiger partial charge in [0.25, 0.3) is 0 Å². The van der Waals surface area contributed by atoms with Gasteiger partial charge in [-0.1, -0.05) is 30.3 Å². The van der Waals surface area contributed by atoms with E-state index in [9.17, 15) is 15.0 Å². The third kappa shape index (κ3) is 4.61. The standard InChI is InChI=1S/C24H21NO5/c26-22-10-8-18(13-21(22)24(27)28)23-11-9-20(30-23)16-25(15-19-7-4-12-29-19)14-17-5-2-1-3-6-17/h1-13,26H,14-16H2,(H,27,28). The Morgan fingerprint density at radius 2 is 1.67 bits per heavy atom. The van der Waals surface area contributed by atoms with Crippen molar-refractivity contribution in [2.75, 3.05) is 0 Å². The van der Waals surface area contributed by atoms with Gasteiger partial charge in [0, 0.05) is 12.1 Å². The Bertz CT molecular complexity index is 1120. The predicted molar refractivity (Wildman–Crippen MR) is 111 cm³/mol. The van der Waals surface area contributed by atoms with E-state index in [4.69, 9.17) is 8.83 Å². The zero-order chi connectivity index (χ0) is 20.9. The van der Waals surface area contributed by atoms with Crippen molar-refractivity contribution in [3.8, 4) is 17.1 Å². The summed E-state index contributed by atoms with van der Waals surface area (Å²) < 4.78 is 11.5. The van der Waals surface area contributed by atoms with Crippen LogP contribution in [0.2, 0.25) is 0 Å². The fraction of sp³-hybridized carbons (Fsp3) is 0.125. The van der Waals surface area contributed by atoms with Crippen molar-refractivity contribution in [2.24, 2.45) is 0 Å². The van der Waals surface area contributed by atoms with Gasteiger partial charge in [0.1, 0.15) is 28.6 Å². The Kier molecular flexibility index (Phi) is 5.68. The summed E-state index contributed by atoms with van der Waals surface area (Å²) in [5, 5.41) is 18.9. The van der Waals surface area contributed by atoms with Gasteiger partial charge in [-0.25, -0.2) is 4.79 Å². The molecule has 0 unspecified atom stereocenters. The predicted octanol–water partition coefficient (Wildman–Crippen LogP) is 5.15. The van der Waals surface area contributed by atoms with Crippen LogP contribution in [0.15, 0.2) is 87.9 Å². The molecule has 0 spiro atoms. The summed E-state index contributed by atoms with van der Waals surface area (Å²) in [5.74, 6) is 0.698. The lowest BCUT2D eigenvalue weighted by Crippen LogP contribution is -2.21. The number of carboxylic acid groups (broad SMARTS) is 1. The van der Waals surface area contributed by atoms with Crippen molar-refractivity contribution < 1.29 is 23.8 Å². The van der Waals surface area contributed by atoms with Gasteiger partial charge in [-0.05, 0) is 48.0 Å². The number of rotatable bonds is 8. The van der Waals surface area contributed by atoms with Crippen LogP contribution in [0, 0.1) is 0 Å². The van der Waals surface area contributed by atoms with Gasteiger partial charge in [-0.2, -0.15) is 0 Å². The van der Waals surface area contributed by atoms with Crippen molar-refractivity contribution in [3.05, 3.63) is 102 Å². The Morgan fingerprint density at radius 1 is 0.867 bits per heavy atom. The van der Waals surface area contributed by atoms with Crippen molar-refractivity contribution in [2.45, 2.75) is 19.6 Å². The molecule has 2 aromatic heterocycles. The van der Waals surface area contributed by atoms with E-state index in [-0.39, 0.29) is 11.3 Å². The highest BCUT2D eigenvalue weighted by Gasteiger charge is 2.15. The molecule has 30 heavy (non-hydrogen) atoms. The number of hydrogen-bond acceptors (Lipinski definition) is 5. The number of nitrogens with zero attached hydrogens (tertiary/aromatic N) is 1. The van der Waals surface area contributed by atoms with E-state index in [1.54, 1.807) is 18.4 Å². The van der Waals surface area contributed by atoms with Crippen LogP contribution in [-0.2, 0) is 19.6 Å². The number of hydrogen-bond donors (Lipinski definition) is 2. The molecule has 0 bridgehead atoms. The first-order valence-corrected chi connectivity index (χ1v) is 9.52. The molecule has 0 radical (unpaired) electrons. The molecule has 2 aromatic carbocycles. The van der Waals surface area contributed by atoms with Crippen LogP contribution in [-0.4, -0.2) is 21.1 Å². The van der Waals surface area contributed by atoms with E-state index in [1.807, 2.05) is 36.4 Å². The highest BCUT2D eigenvalue weighted by atomic mass is 16.4. The maximum atomic E-state index is 11.3. The van der Waals surface area contributed by atoms with Gasteiger partial charge >= 0.3 is 5.97 Å². The minimum atomic E-state index is -1.19. The molecule has 0 amide bonds. The molecule has 0 fully saturated rings. The maximum absolute atomic E-state index is 11.3. The highest BCUT2D eigenvalue weighted by molar-refractivity contribution is 5.92. The quantitative estimate of drug-likeness (QED) is 0.423. The lowest BCUT2D eigenvalue weighted by atomic mass is 10.1. The molecule has 0 aliphatic heterocycles. The number of phenols is 1. The topological polar surface area (TPSA) is 87.0 Å². The normalized spacial score (nSPS) is 11.1. The van der Waals surface area contributed by atoms with Crippen LogP contribution in [0.3, 0.4) is 0 Å². The number of aromatic hydroxyl groups is 1. The largest absolute Gasteiger partial charge is 0.507 e. The molecular weight excluding hydrogens is 382 g/mol. The first kappa shape index (κ1) is 19.5. The van der Waals surface area contributed by atoms with Crippen molar-refractivity contribution >= 4 is 5.97 Å². The number of aromatic carboxylic acids is 1. The third-order valence-electron chi connectivity index (χ3n) is 4.76. The Morgan fingerprint density at radius 3 is 2.40 bits per heavy atom. The summed E-state index contributed by atoms with van der Waals surface area (Å²) in [7, 11) is 0. The Balaban J connectivity index is 1.54. The zero-order valence-electron chi connectivity index (χ0n) is 16.2. The molecule has 152 valence electrons. The summed E-state index contributed by atoms with van der Waals surface area (Å²) in [5.41, 5.74) is 1.62. The summed E-state index contributed by atoms with van der Waals surface area (Å²) in [6, 6.07) is 22.1. The van der Waals surface area contributed by atoms with E-state index >= 15 is 0 Å². The monoisotopic (exact) mass is 403 g/mol. The average Bonchev–Trinajstić information content (AvgIpc) is 3.41. The highest BCUT2D eigenvalue weighted by Crippen LogP contribution is 2.28. The van der Waals surface area contributed by atoms with Crippen molar-refractivity contribution in [3.63, 3.8) is 0 Å². The molecule has 2 N–H and O–H groups in total. The van der Waals surface area contributed by atoms with Crippen LogP contribution in [0.4, 0.5) is 0 Å². The van der Waals surface area contributed by atoms with Crippen LogP contribution < -0.4 is 0 Å². The molecule has 4 rings (SSSR count). The van der Waals surface area contributed by atoms with Crippen LogP contribution >= 0.6 is 0 Å². The van der Waals surface area contributed by atoms with Gasteiger partial charge in [0.2, 0.25) is 0 Å². The van der Waals surface area contributed by atoms with E-state index in [1.165, 1.54) is 17.7 Å². The van der Waals surface area contributed by atoms with Crippen LogP contribution in [0.1, 0.15) is 27.4 Å². The Labute approximate surface area is 173 Å². The second-order valence-corrected chi connectivity index (χ2v) is 7.01. The van der Waals surface area contributed by atoms with Crippen molar-refractivity contribution in [1.82, 2.24) is 4.90 Å². The lowest BCUT2D eigenvalue weighted by molar-refractivity contribution is 0.0694. The molecular formula is C24H21NO5. The second-order valence-electron chi connectivity index (χ2n) is 7.01. The lowest BCUT2D eigenvalue weighted by Gasteiger charge is -2.20. The smallest absolute Gasteiger partial charge is 0.339 e.